The lowest BCUT2D eigenvalue weighted by molar-refractivity contribution is 0.338. The van der Waals surface area contributed by atoms with Crippen LogP contribution in [0.1, 0.15) is 69.1 Å². The second-order valence-corrected chi connectivity index (χ2v) is 5.89. The lowest BCUT2D eigenvalue weighted by Gasteiger charge is -2.04. The Balaban J connectivity index is 1.64. The molecule has 2 fully saturated rings. The molecule has 3 atom stereocenters. The third-order valence-corrected chi connectivity index (χ3v) is 4.12. The van der Waals surface area contributed by atoms with Gasteiger partial charge in [0.2, 0.25) is 5.89 Å². The van der Waals surface area contributed by atoms with Crippen molar-refractivity contribution in [3.8, 4) is 0 Å². The maximum Gasteiger partial charge on any atom is 0.243 e. The first-order valence-electron chi connectivity index (χ1n) is 6.81. The van der Waals surface area contributed by atoms with Crippen LogP contribution in [-0.2, 0) is 0 Å². The monoisotopic (exact) mass is 235 g/mol. The third-order valence-electron chi connectivity index (χ3n) is 4.12. The fourth-order valence-corrected chi connectivity index (χ4v) is 2.82. The standard InChI is InChI=1S/C13H21N3O/c1-8-2-5-10(6-8)12-15-13(17-16-12)11(14)7-9-3-4-9/h8-11H,2-7,14H2,1H3. The molecule has 0 aromatic carbocycles. The summed E-state index contributed by atoms with van der Waals surface area (Å²) in [5.74, 6) is 3.62. The van der Waals surface area contributed by atoms with E-state index in [0.29, 0.717) is 11.8 Å². The maximum atomic E-state index is 6.08. The van der Waals surface area contributed by atoms with Crippen LogP contribution in [0.4, 0.5) is 0 Å². The summed E-state index contributed by atoms with van der Waals surface area (Å²) in [5.41, 5.74) is 6.08. The molecule has 2 aliphatic carbocycles. The summed E-state index contributed by atoms with van der Waals surface area (Å²) >= 11 is 0. The van der Waals surface area contributed by atoms with E-state index in [-0.39, 0.29) is 6.04 Å². The van der Waals surface area contributed by atoms with Crippen molar-refractivity contribution in [3.05, 3.63) is 11.7 Å². The molecule has 0 spiro atoms. The molecule has 17 heavy (non-hydrogen) atoms. The minimum absolute atomic E-state index is 0.0532. The molecule has 0 bridgehead atoms. The molecule has 4 nitrogen and oxygen atoms in total. The van der Waals surface area contributed by atoms with E-state index in [4.69, 9.17) is 10.3 Å². The molecule has 1 aromatic rings. The first-order valence-corrected chi connectivity index (χ1v) is 6.81. The summed E-state index contributed by atoms with van der Waals surface area (Å²) in [7, 11) is 0. The number of rotatable bonds is 4. The van der Waals surface area contributed by atoms with Crippen molar-refractivity contribution >= 4 is 0 Å². The predicted octanol–water partition coefficient (Wildman–Crippen LogP) is 2.77. The van der Waals surface area contributed by atoms with Gasteiger partial charge in [-0.25, -0.2) is 0 Å². The summed E-state index contributed by atoms with van der Waals surface area (Å²) in [6.45, 7) is 2.29. The predicted molar refractivity (Wildman–Crippen MR) is 64.3 cm³/mol. The zero-order chi connectivity index (χ0) is 11.8. The fourth-order valence-electron chi connectivity index (χ4n) is 2.82. The van der Waals surface area contributed by atoms with Crippen LogP contribution < -0.4 is 5.73 Å². The van der Waals surface area contributed by atoms with E-state index in [2.05, 4.69) is 17.1 Å². The first kappa shape index (κ1) is 11.2. The van der Waals surface area contributed by atoms with E-state index in [1.165, 1.54) is 32.1 Å². The number of aromatic nitrogens is 2. The van der Waals surface area contributed by atoms with Crippen LogP contribution in [0, 0.1) is 11.8 Å². The molecule has 1 heterocycles. The highest BCUT2D eigenvalue weighted by molar-refractivity contribution is 5.01. The summed E-state index contributed by atoms with van der Waals surface area (Å²) < 4.78 is 5.32. The van der Waals surface area contributed by atoms with E-state index >= 15 is 0 Å². The van der Waals surface area contributed by atoms with Gasteiger partial charge in [-0.3, -0.25) is 0 Å². The SMILES string of the molecule is CC1CCC(c2noc(C(N)CC3CC3)n2)C1. The van der Waals surface area contributed by atoms with Crippen LogP contribution in [0.15, 0.2) is 4.52 Å². The van der Waals surface area contributed by atoms with E-state index in [0.717, 1.165) is 24.1 Å². The van der Waals surface area contributed by atoms with E-state index in [1.807, 2.05) is 0 Å². The van der Waals surface area contributed by atoms with E-state index < -0.39 is 0 Å². The first-order chi connectivity index (χ1) is 8.22. The molecular weight excluding hydrogens is 214 g/mol. The molecule has 3 rings (SSSR count). The Morgan fingerprint density at radius 2 is 2.18 bits per heavy atom. The highest BCUT2D eigenvalue weighted by atomic mass is 16.5. The average Bonchev–Trinajstić information content (AvgIpc) is 2.81. The Bertz CT molecular complexity index is 386. The Morgan fingerprint density at radius 3 is 2.82 bits per heavy atom. The van der Waals surface area contributed by atoms with Crippen molar-refractivity contribution in [2.45, 2.75) is 57.4 Å². The van der Waals surface area contributed by atoms with Gasteiger partial charge in [-0.2, -0.15) is 4.98 Å². The van der Waals surface area contributed by atoms with Crippen molar-refractivity contribution < 1.29 is 4.52 Å². The topological polar surface area (TPSA) is 64.9 Å². The normalized spacial score (nSPS) is 30.7. The summed E-state index contributed by atoms with van der Waals surface area (Å²) in [5, 5.41) is 4.12. The van der Waals surface area contributed by atoms with Crippen LogP contribution in [0.3, 0.4) is 0 Å². The van der Waals surface area contributed by atoms with Gasteiger partial charge in [-0.1, -0.05) is 24.9 Å². The quantitative estimate of drug-likeness (QED) is 0.871. The second-order valence-electron chi connectivity index (χ2n) is 5.89. The fraction of sp³-hybridized carbons (Fsp3) is 0.846. The third kappa shape index (κ3) is 2.51. The van der Waals surface area contributed by atoms with Gasteiger partial charge >= 0.3 is 0 Å². The molecule has 94 valence electrons. The van der Waals surface area contributed by atoms with Crippen molar-refractivity contribution in [2.75, 3.05) is 0 Å². The maximum absolute atomic E-state index is 6.08. The van der Waals surface area contributed by atoms with Gasteiger partial charge < -0.3 is 10.3 Å². The van der Waals surface area contributed by atoms with Crippen molar-refractivity contribution in [2.24, 2.45) is 17.6 Å². The summed E-state index contributed by atoms with van der Waals surface area (Å²) in [6, 6.07) is -0.0532. The lowest BCUT2D eigenvalue weighted by Crippen LogP contribution is -2.11. The Morgan fingerprint density at radius 1 is 1.35 bits per heavy atom. The molecular formula is C13H21N3O. The van der Waals surface area contributed by atoms with Gasteiger partial charge in [0.1, 0.15) is 0 Å². The Labute approximate surface area is 102 Å². The van der Waals surface area contributed by atoms with Crippen LogP contribution in [-0.4, -0.2) is 10.1 Å². The Hall–Kier alpha value is -0.900. The van der Waals surface area contributed by atoms with Gasteiger partial charge in [0.25, 0.3) is 0 Å². The average molecular weight is 235 g/mol. The molecule has 2 aliphatic rings. The van der Waals surface area contributed by atoms with Crippen molar-refractivity contribution in [3.63, 3.8) is 0 Å². The van der Waals surface area contributed by atoms with Crippen LogP contribution in [0.2, 0.25) is 0 Å². The number of nitrogens with two attached hydrogens (primary N) is 1. The minimum Gasteiger partial charge on any atom is -0.338 e. The molecule has 2 N–H and O–H groups in total. The molecule has 0 radical (unpaired) electrons. The van der Waals surface area contributed by atoms with Crippen LogP contribution in [0.5, 0.6) is 0 Å². The number of hydrogen-bond acceptors (Lipinski definition) is 4. The van der Waals surface area contributed by atoms with Crippen molar-refractivity contribution in [1.29, 1.82) is 0 Å². The van der Waals surface area contributed by atoms with E-state index in [1.54, 1.807) is 0 Å². The molecule has 3 unspecified atom stereocenters. The van der Waals surface area contributed by atoms with Gasteiger partial charge in [-0.15, -0.1) is 0 Å². The molecule has 4 heteroatoms. The van der Waals surface area contributed by atoms with Gasteiger partial charge in [0.15, 0.2) is 5.82 Å². The lowest BCUT2D eigenvalue weighted by atomic mass is 10.1. The van der Waals surface area contributed by atoms with E-state index in [9.17, 15) is 0 Å². The zero-order valence-corrected chi connectivity index (χ0v) is 10.4. The number of hydrogen-bond donors (Lipinski definition) is 1. The highest BCUT2D eigenvalue weighted by Gasteiger charge is 2.30. The van der Waals surface area contributed by atoms with Crippen LogP contribution >= 0.6 is 0 Å². The van der Waals surface area contributed by atoms with Crippen molar-refractivity contribution in [1.82, 2.24) is 10.1 Å². The highest BCUT2D eigenvalue weighted by Crippen LogP contribution is 2.38. The minimum atomic E-state index is -0.0532. The molecule has 2 saturated carbocycles. The van der Waals surface area contributed by atoms with Gasteiger partial charge in [0.05, 0.1) is 6.04 Å². The second kappa shape index (κ2) is 4.41. The molecule has 0 saturated heterocycles. The smallest absolute Gasteiger partial charge is 0.243 e. The van der Waals surface area contributed by atoms with Gasteiger partial charge in [0, 0.05) is 5.92 Å². The zero-order valence-electron chi connectivity index (χ0n) is 10.4. The summed E-state index contributed by atoms with van der Waals surface area (Å²) in [4.78, 5) is 4.50. The number of nitrogens with zero attached hydrogens (tertiary/aromatic N) is 2. The molecule has 1 aromatic heterocycles. The Kier molecular flexibility index (Phi) is 2.90. The largest absolute Gasteiger partial charge is 0.338 e. The molecule has 0 amide bonds. The molecule has 0 aliphatic heterocycles. The van der Waals surface area contributed by atoms with Crippen LogP contribution in [0.25, 0.3) is 0 Å². The van der Waals surface area contributed by atoms with Gasteiger partial charge in [-0.05, 0) is 37.5 Å². The summed E-state index contributed by atoms with van der Waals surface area (Å²) in [6.07, 6.45) is 7.30.